The second-order valence-electron chi connectivity index (χ2n) is 6.27. The first-order chi connectivity index (χ1) is 13.4. The first-order valence-electron chi connectivity index (χ1n) is 8.78. The zero-order valence-corrected chi connectivity index (χ0v) is 16.8. The molecule has 28 heavy (non-hydrogen) atoms. The van der Waals surface area contributed by atoms with Crippen LogP contribution in [0, 0.1) is 5.82 Å². The van der Waals surface area contributed by atoms with Gasteiger partial charge in [0, 0.05) is 17.0 Å². The molecule has 0 saturated heterocycles. The number of rotatable bonds is 8. The lowest BCUT2D eigenvalue weighted by atomic mass is 10.2. The maximum Gasteiger partial charge on any atom is 0.211 e. The van der Waals surface area contributed by atoms with Crippen LogP contribution in [0.25, 0.3) is 10.9 Å². The second kappa shape index (κ2) is 8.81. The number of hydrogen-bond acceptors (Lipinski definition) is 5. The van der Waals surface area contributed by atoms with Gasteiger partial charge < -0.3 is 5.32 Å². The number of nitrogens with zero attached hydrogens (tertiary/aromatic N) is 2. The molecule has 148 valence electrons. The number of sulfonamides is 1. The minimum Gasteiger partial charge on any atom is -0.365 e. The van der Waals surface area contributed by atoms with Crippen molar-refractivity contribution in [3.8, 4) is 0 Å². The standard InChI is InChI=1S/C19H20ClFN4O2S/c1-2-9-28(26,27)23-12-18-24-17-10-14(20)5-8-16(17)19(25-18)22-11-13-3-6-15(21)7-4-13/h3-8,10,23H,2,9,11-12H2,1H3,(H,22,24,25). The van der Waals surface area contributed by atoms with Gasteiger partial charge in [0.15, 0.2) is 0 Å². The Bertz CT molecular complexity index is 1080. The molecule has 0 amide bonds. The Balaban J connectivity index is 1.87. The van der Waals surface area contributed by atoms with Crippen LogP contribution in [0.4, 0.5) is 10.2 Å². The van der Waals surface area contributed by atoms with Gasteiger partial charge in [-0.05, 0) is 42.3 Å². The highest BCUT2D eigenvalue weighted by molar-refractivity contribution is 7.89. The lowest BCUT2D eigenvalue weighted by molar-refractivity contribution is 0.578. The molecule has 0 radical (unpaired) electrons. The summed E-state index contributed by atoms with van der Waals surface area (Å²) in [7, 11) is -3.38. The van der Waals surface area contributed by atoms with Gasteiger partial charge in [0.25, 0.3) is 0 Å². The molecule has 3 rings (SSSR count). The largest absolute Gasteiger partial charge is 0.365 e. The van der Waals surface area contributed by atoms with Crippen molar-refractivity contribution in [3.05, 3.63) is 64.7 Å². The molecule has 9 heteroatoms. The number of nitrogens with one attached hydrogen (secondary N) is 2. The minimum atomic E-state index is -3.38. The van der Waals surface area contributed by atoms with Crippen molar-refractivity contribution >= 4 is 38.3 Å². The Hall–Kier alpha value is -2.29. The van der Waals surface area contributed by atoms with Crippen LogP contribution in [0.3, 0.4) is 0 Å². The molecule has 2 N–H and O–H groups in total. The van der Waals surface area contributed by atoms with E-state index in [0.29, 0.717) is 35.1 Å². The van der Waals surface area contributed by atoms with Crippen molar-refractivity contribution in [1.82, 2.24) is 14.7 Å². The van der Waals surface area contributed by atoms with Crippen LogP contribution in [0.5, 0.6) is 0 Å². The number of aromatic nitrogens is 2. The Kier molecular flexibility index (Phi) is 6.43. The van der Waals surface area contributed by atoms with E-state index in [9.17, 15) is 12.8 Å². The molecule has 0 aliphatic heterocycles. The van der Waals surface area contributed by atoms with E-state index in [1.54, 1.807) is 37.3 Å². The first-order valence-corrected chi connectivity index (χ1v) is 10.8. The molecule has 1 heterocycles. The summed E-state index contributed by atoms with van der Waals surface area (Å²) in [6.45, 7) is 2.21. The zero-order valence-electron chi connectivity index (χ0n) is 15.2. The van der Waals surface area contributed by atoms with Gasteiger partial charge in [-0.1, -0.05) is 30.7 Å². The van der Waals surface area contributed by atoms with Gasteiger partial charge in [-0.3, -0.25) is 0 Å². The van der Waals surface area contributed by atoms with E-state index >= 15 is 0 Å². The van der Waals surface area contributed by atoms with Crippen molar-refractivity contribution < 1.29 is 12.8 Å². The fourth-order valence-electron chi connectivity index (χ4n) is 2.67. The molecule has 0 aliphatic carbocycles. The van der Waals surface area contributed by atoms with Crippen molar-refractivity contribution in [3.63, 3.8) is 0 Å². The van der Waals surface area contributed by atoms with Crippen molar-refractivity contribution in [2.75, 3.05) is 11.1 Å². The summed E-state index contributed by atoms with van der Waals surface area (Å²) in [5.74, 6) is 0.626. The summed E-state index contributed by atoms with van der Waals surface area (Å²) in [4.78, 5) is 8.87. The lowest BCUT2D eigenvalue weighted by Gasteiger charge is -2.12. The van der Waals surface area contributed by atoms with E-state index in [1.807, 2.05) is 0 Å². The van der Waals surface area contributed by atoms with Gasteiger partial charge in [0.1, 0.15) is 17.5 Å². The topological polar surface area (TPSA) is 84.0 Å². The number of hydrogen-bond donors (Lipinski definition) is 2. The number of fused-ring (bicyclic) bond motifs is 1. The van der Waals surface area contributed by atoms with E-state index in [2.05, 4.69) is 20.0 Å². The summed E-state index contributed by atoms with van der Waals surface area (Å²) in [5.41, 5.74) is 1.49. The molecule has 3 aromatic rings. The van der Waals surface area contributed by atoms with E-state index in [0.717, 1.165) is 10.9 Å². The fraction of sp³-hybridized carbons (Fsp3) is 0.263. The Labute approximate surface area is 168 Å². The van der Waals surface area contributed by atoms with E-state index in [1.165, 1.54) is 12.1 Å². The van der Waals surface area contributed by atoms with Crippen LogP contribution >= 0.6 is 11.6 Å². The van der Waals surface area contributed by atoms with Crippen LogP contribution in [0.2, 0.25) is 5.02 Å². The molecule has 0 saturated carbocycles. The van der Waals surface area contributed by atoms with Crippen molar-refractivity contribution in [1.29, 1.82) is 0 Å². The van der Waals surface area contributed by atoms with Crippen LogP contribution in [0.1, 0.15) is 24.7 Å². The van der Waals surface area contributed by atoms with Crippen LogP contribution in [0.15, 0.2) is 42.5 Å². The van der Waals surface area contributed by atoms with Gasteiger partial charge in [0.2, 0.25) is 10.0 Å². The predicted octanol–water partition coefficient (Wildman–Crippen LogP) is 3.86. The van der Waals surface area contributed by atoms with Crippen LogP contribution in [-0.4, -0.2) is 24.1 Å². The highest BCUT2D eigenvalue weighted by Gasteiger charge is 2.12. The molecule has 6 nitrogen and oxygen atoms in total. The summed E-state index contributed by atoms with van der Waals surface area (Å²) < 4.78 is 39.4. The highest BCUT2D eigenvalue weighted by Crippen LogP contribution is 2.24. The highest BCUT2D eigenvalue weighted by atomic mass is 35.5. The number of halogens is 2. The molecule has 0 fully saturated rings. The van der Waals surface area contributed by atoms with Crippen LogP contribution < -0.4 is 10.0 Å². The number of anilines is 1. The van der Waals surface area contributed by atoms with Crippen molar-refractivity contribution in [2.45, 2.75) is 26.4 Å². The quantitative estimate of drug-likeness (QED) is 0.575. The molecule has 0 bridgehead atoms. The first kappa shape index (κ1) is 20.4. The third kappa shape index (κ3) is 5.37. The smallest absolute Gasteiger partial charge is 0.211 e. The van der Waals surface area contributed by atoms with Gasteiger partial charge in [-0.25, -0.2) is 27.5 Å². The molecule has 0 atom stereocenters. The normalized spacial score (nSPS) is 11.7. The molecule has 0 unspecified atom stereocenters. The molecular weight excluding hydrogens is 403 g/mol. The fourth-order valence-corrected chi connectivity index (χ4v) is 3.87. The SMILES string of the molecule is CCCS(=O)(=O)NCc1nc(NCc2ccc(F)cc2)c2ccc(Cl)cc2n1. The van der Waals surface area contributed by atoms with E-state index in [4.69, 9.17) is 11.6 Å². The third-order valence-electron chi connectivity index (χ3n) is 4.00. The second-order valence-corrected chi connectivity index (χ2v) is 8.63. The van der Waals surface area contributed by atoms with Gasteiger partial charge >= 0.3 is 0 Å². The minimum absolute atomic E-state index is 0.0178. The van der Waals surface area contributed by atoms with Crippen LogP contribution in [-0.2, 0) is 23.1 Å². The van der Waals surface area contributed by atoms with E-state index in [-0.39, 0.29) is 18.1 Å². The Morgan fingerprint density at radius 2 is 1.82 bits per heavy atom. The average Bonchev–Trinajstić information content (AvgIpc) is 2.65. The monoisotopic (exact) mass is 422 g/mol. The third-order valence-corrected chi connectivity index (χ3v) is 5.77. The molecule has 1 aromatic heterocycles. The molecule has 0 aliphatic rings. The van der Waals surface area contributed by atoms with E-state index < -0.39 is 10.0 Å². The van der Waals surface area contributed by atoms with Gasteiger partial charge in [-0.15, -0.1) is 0 Å². The lowest BCUT2D eigenvalue weighted by Crippen LogP contribution is -2.26. The molecule has 0 spiro atoms. The summed E-state index contributed by atoms with van der Waals surface area (Å²) in [6, 6.07) is 11.4. The summed E-state index contributed by atoms with van der Waals surface area (Å²) in [6.07, 6.45) is 0.522. The Morgan fingerprint density at radius 1 is 1.07 bits per heavy atom. The molecular formula is C19H20ClFN4O2S. The molecule has 2 aromatic carbocycles. The van der Waals surface area contributed by atoms with Gasteiger partial charge in [-0.2, -0.15) is 0 Å². The Morgan fingerprint density at radius 3 is 2.54 bits per heavy atom. The summed E-state index contributed by atoms with van der Waals surface area (Å²) >= 11 is 6.07. The number of benzene rings is 2. The van der Waals surface area contributed by atoms with Crippen molar-refractivity contribution in [2.24, 2.45) is 0 Å². The van der Waals surface area contributed by atoms with Gasteiger partial charge in [0.05, 0.1) is 17.8 Å². The zero-order chi connectivity index (χ0) is 20.1. The maximum atomic E-state index is 13.1. The summed E-state index contributed by atoms with van der Waals surface area (Å²) in [5, 5.41) is 4.49. The maximum absolute atomic E-state index is 13.1. The predicted molar refractivity (Wildman–Crippen MR) is 109 cm³/mol. The average molecular weight is 423 g/mol.